The van der Waals surface area contributed by atoms with Crippen molar-refractivity contribution in [2.45, 2.75) is 25.7 Å². The third-order valence-electron chi connectivity index (χ3n) is 5.60. The number of hydrogen-bond acceptors (Lipinski definition) is 6. The molecule has 2 unspecified atom stereocenters. The molecular weight excluding hydrogens is 480 g/mol. The molecule has 180 valence electrons. The van der Waals surface area contributed by atoms with E-state index in [9.17, 15) is 31.9 Å². The van der Waals surface area contributed by atoms with Crippen LogP contribution in [0.3, 0.4) is 0 Å². The lowest BCUT2D eigenvalue weighted by Gasteiger charge is -2.37. The number of carbonyl (C=O) groups excluding carboxylic acids is 3. The van der Waals surface area contributed by atoms with Crippen molar-refractivity contribution in [2.75, 3.05) is 19.4 Å². The number of urea groups is 1. The molecule has 1 N–H and O–H groups in total. The number of halogens is 4. The van der Waals surface area contributed by atoms with E-state index < -0.39 is 47.5 Å². The minimum atomic E-state index is -4.72. The number of rotatable bonds is 4. The second-order valence-electron chi connectivity index (χ2n) is 7.85. The van der Waals surface area contributed by atoms with Gasteiger partial charge in [-0.3, -0.25) is 19.4 Å². The van der Waals surface area contributed by atoms with Gasteiger partial charge in [-0.2, -0.15) is 13.2 Å². The van der Waals surface area contributed by atoms with Gasteiger partial charge in [0.2, 0.25) is 11.8 Å². The zero-order chi connectivity index (χ0) is 24.9. The van der Waals surface area contributed by atoms with Gasteiger partial charge in [0.05, 0.1) is 23.4 Å². The number of allylic oxidation sites excluding steroid dienone is 1. The monoisotopic (exact) mass is 498 g/mol. The van der Waals surface area contributed by atoms with Crippen LogP contribution in [0, 0.1) is 11.7 Å². The molecule has 2 atom stereocenters. The summed E-state index contributed by atoms with van der Waals surface area (Å²) in [6.45, 7) is 1.59. The van der Waals surface area contributed by atoms with Gasteiger partial charge in [0.25, 0.3) is 0 Å². The van der Waals surface area contributed by atoms with Gasteiger partial charge >= 0.3 is 12.2 Å². The summed E-state index contributed by atoms with van der Waals surface area (Å²) in [6, 6.07) is 1.56. The molecule has 1 aromatic carbocycles. The predicted octanol–water partition coefficient (Wildman–Crippen LogP) is 4.07. The highest BCUT2D eigenvalue weighted by atomic mass is 32.1. The number of imide groups is 1. The largest absolute Gasteiger partial charge is 0.474 e. The quantitative estimate of drug-likeness (QED) is 0.642. The Morgan fingerprint density at radius 2 is 1.94 bits per heavy atom. The maximum Gasteiger partial charge on any atom is 0.416 e. The van der Waals surface area contributed by atoms with Crippen LogP contribution in [0.25, 0.3) is 11.3 Å². The minimum absolute atomic E-state index is 0.0641. The topological polar surface area (TPSA) is 91.8 Å². The second kappa shape index (κ2) is 8.38. The summed E-state index contributed by atoms with van der Waals surface area (Å²) < 4.78 is 58.3. The van der Waals surface area contributed by atoms with Gasteiger partial charge in [0.15, 0.2) is 11.4 Å². The van der Waals surface area contributed by atoms with Gasteiger partial charge in [0, 0.05) is 25.0 Å². The van der Waals surface area contributed by atoms with E-state index in [1.54, 1.807) is 6.92 Å². The first-order valence-corrected chi connectivity index (χ1v) is 10.8. The molecule has 34 heavy (non-hydrogen) atoms. The van der Waals surface area contributed by atoms with E-state index in [2.05, 4.69) is 10.3 Å². The van der Waals surface area contributed by atoms with Crippen LogP contribution in [0.5, 0.6) is 0 Å². The summed E-state index contributed by atoms with van der Waals surface area (Å²) in [5.74, 6) is -2.57. The fraction of sp³-hybridized carbons (Fsp3) is 0.333. The molecule has 2 aromatic rings. The van der Waals surface area contributed by atoms with E-state index in [4.69, 9.17) is 4.74 Å². The molecule has 0 spiro atoms. The number of alkyl halides is 3. The SMILES string of the molecule is CC1=C(CC(=O)Nc2nc(-c3cc(F)cc(C(F)(F)F)c3)cs2)C2C(=O)N(C)C(=O)N(C)C2O1. The van der Waals surface area contributed by atoms with E-state index >= 15 is 0 Å². The zero-order valence-corrected chi connectivity index (χ0v) is 18.9. The second-order valence-corrected chi connectivity index (χ2v) is 8.71. The summed E-state index contributed by atoms with van der Waals surface area (Å²) in [7, 11) is 2.84. The Hall–Kier alpha value is -3.48. The van der Waals surface area contributed by atoms with Crippen LogP contribution in [-0.2, 0) is 20.5 Å². The third-order valence-corrected chi connectivity index (χ3v) is 6.36. The van der Waals surface area contributed by atoms with Crippen LogP contribution in [0.1, 0.15) is 18.9 Å². The maximum atomic E-state index is 13.7. The van der Waals surface area contributed by atoms with Gasteiger partial charge in [0.1, 0.15) is 11.7 Å². The number of nitrogens with one attached hydrogen (secondary N) is 1. The molecule has 0 radical (unpaired) electrons. The molecule has 4 amide bonds. The first-order valence-electron chi connectivity index (χ1n) is 9.91. The van der Waals surface area contributed by atoms with Crippen molar-refractivity contribution in [2.24, 2.45) is 5.92 Å². The molecule has 4 rings (SSSR count). The summed E-state index contributed by atoms with van der Waals surface area (Å²) in [6.07, 6.45) is -5.79. The normalized spacial score (nSPS) is 20.6. The van der Waals surface area contributed by atoms with Crippen molar-refractivity contribution in [3.8, 4) is 11.3 Å². The molecule has 0 bridgehead atoms. The van der Waals surface area contributed by atoms with Gasteiger partial charge in [-0.25, -0.2) is 14.2 Å². The van der Waals surface area contributed by atoms with Gasteiger partial charge < -0.3 is 10.1 Å². The lowest BCUT2D eigenvalue weighted by molar-refractivity contribution is -0.141. The molecule has 1 aromatic heterocycles. The molecular formula is C21H18F4N4O4S. The number of anilines is 1. The fourth-order valence-electron chi connectivity index (χ4n) is 3.87. The van der Waals surface area contributed by atoms with Crippen molar-refractivity contribution >= 4 is 34.3 Å². The Balaban J connectivity index is 1.49. The molecule has 1 saturated heterocycles. The number of ether oxygens (including phenoxy) is 1. The fourth-order valence-corrected chi connectivity index (χ4v) is 4.61. The predicted molar refractivity (Wildman–Crippen MR) is 113 cm³/mol. The third kappa shape index (κ3) is 4.22. The van der Waals surface area contributed by atoms with Crippen LogP contribution < -0.4 is 5.32 Å². The average Bonchev–Trinajstić information content (AvgIpc) is 3.34. The molecule has 3 heterocycles. The highest BCUT2D eigenvalue weighted by Gasteiger charge is 2.51. The summed E-state index contributed by atoms with van der Waals surface area (Å²) in [5.41, 5.74) is -0.757. The van der Waals surface area contributed by atoms with E-state index in [1.807, 2.05) is 0 Å². The number of carbonyl (C=O) groups is 3. The highest BCUT2D eigenvalue weighted by Crippen LogP contribution is 2.39. The van der Waals surface area contributed by atoms with Gasteiger partial charge in [-0.1, -0.05) is 0 Å². The number of nitrogens with zero attached hydrogens (tertiary/aromatic N) is 3. The van der Waals surface area contributed by atoms with Crippen molar-refractivity contribution in [1.82, 2.24) is 14.8 Å². The zero-order valence-electron chi connectivity index (χ0n) is 18.1. The van der Waals surface area contributed by atoms with Gasteiger partial charge in [-0.05, 0) is 30.7 Å². The van der Waals surface area contributed by atoms with Crippen LogP contribution in [-0.4, -0.2) is 53.0 Å². The summed E-state index contributed by atoms with van der Waals surface area (Å²) >= 11 is 0.953. The first kappa shape index (κ1) is 23.7. The van der Waals surface area contributed by atoms with Crippen LogP contribution in [0.2, 0.25) is 0 Å². The van der Waals surface area contributed by atoms with E-state index in [1.165, 1.54) is 24.4 Å². The summed E-state index contributed by atoms with van der Waals surface area (Å²) in [5, 5.41) is 4.02. The molecule has 2 aliphatic rings. The van der Waals surface area contributed by atoms with Crippen LogP contribution in [0.4, 0.5) is 27.5 Å². The van der Waals surface area contributed by atoms with E-state index in [-0.39, 0.29) is 22.8 Å². The Kier molecular flexibility index (Phi) is 5.84. The van der Waals surface area contributed by atoms with Crippen molar-refractivity contribution in [3.63, 3.8) is 0 Å². The number of thiazole rings is 1. The first-order chi connectivity index (χ1) is 15.9. The van der Waals surface area contributed by atoms with Gasteiger partial charge in [-0.15, -0.1) is 11.3 Å². The number of fused-ring (bicyclic) bond motifs is 1. The van der Waals surface area contributed by atoms with E-state index in [0.717, 1.165) is 28.4 Å². The molecule has 8 nitrogen and oxygen atoms in total. The van der Waals surface area contributed by atoms with Crippen LogP contribution >= 0.6 is 11.3 Å². The lowest BCUT2D eigenvalue weighted by Crippen LogP contribution is -2.58. The van der Waals surface area contributed by atoms with Crippen molar-refractivity contribution in [3.05, 3.63) is 46.3 Å². The van der Waals surface area contributed by atoms with Crippen molar-refractivity contribution in [1.29, 1.82) is 0 Å². The molecule has 1 fully saturated rings. The Morgan fingerprint density at radius 1 is 1.24 bits per heavy atom. The number of hydrogen-bond donors (Lipinski definition) is 1. The standard InChI is InChI=1S/C21H18F4N4O4S/c1-9-13(16-17(31)28(2)20(32)29(3)18(16)33-9)7-15(30)27-19-26-14(8-34-19)10-4-11(21(23,24)25)6-12(22)5-10/h4-6,8,16,18H,7H2,1-3H3,(H,26,27,30). The Bertz CT molecular complexity index is 1230. The Labute approximate surface area is 194 Å². The number of benzene rings is 1. The smallest absolute Gasteiger partial charge is 0.416 e. The Morgan fingerprint density at radius 3 is 2.62 bits per heavy atom. The van der Waals surface area contributed by atoms with E-state index in [0.29, 0.717) is 17.4 Å². The maximum absolute atomic E-state index is 13.7. The summed E-state index contributed by atoms with van der Waals surface area (Å²) in [4.78, 5) is 43.8. The molecule has 0 aliphatic carbocycles. The number of aromatic nitrogens is 1. The lowest BCUT2D eigenvalue weighted by atomic mass is 9.92. The highest BCUT2D eigenvalue weighted by molar-refractivity contribution is 7.14. The molecule has 2 aliphatic heterocycles. The molecule has 0 saturated carbocycles. The van der Waals surface area contributed by atoms with Crippen LogP contribution in [0.15, 0.2) is 34.9 Å². The average molecular weight is 498 g/mol. The molecule has 13 heteroatoms. The minimum Gasteiger partial charge on any atom is -0.474 e. The van der Waals surface area contributed by atoms with Crippen molar-refractivity contribution < 1.29 is 36.7 Å². The number of amides is 4.